The molecular formula is C15H18F4N2O3. The van der Waals surface area contributed by atoms with E-state index in [0.29, 0.717) is 0 Å². The van der Waals surface area contributed by atoms with E-state index >= 15 is 0 Å². The zero-order valence-corrected chi connectivity index (χ0v) is 13.0. The molecule has 1 heterocycles. The quantitative estimate of drug-likeness (QED) is 0.741. The van der Waals surface area contributed by atoms with Gasteiger partial charge in [-0.3, -0.25) is 10.1 Å². The fraction of sp³-hybridized carbons (Fsp3) is 0.533. The highest BCUT2D eigenvalue weighted by atomic mass is 19.3. The number of hydrogen-bond acceptors (Lipinski definition) is 4. The second-order valence-corrected chi connectivity index (χ2v) is 5.27. The predicted molar refractivity (Wildman–Crippen MR) is 77.4 cm³/mol. The summed E-state index contributed by atoms with van der Waals surface area (Å²) in [7, 11) is 0. The van der Waals surface area contributed by atoms with Crippen LogP contribution in [0.1, 0.15) is 18.9 Å². The van der Waals surface area contributed by atoms with Crippen molar-refractivity contribution in [3.8, 4) is 11.5 Å². The lowest BCUT2D eigenvalue weighted by atomic mass is 10.1. The van der Waals surface area contributed by atoms with Gasteiger partial charge in [0.25, 0.3) is 5.92 Å². The molecule has 1 atom stereocenters. The van der Waals surface area contributed by atoms with Crippen LogP contribution in [-0.4, -0.2) is 37.6 Å². The molecule has 1 aliphatic heterocycles. The van der Waals surface area contributed by atoms with Gasteiger partial charge in [-0.25, -0.2) is 8.78 Å². The number of para-hydroxylation sites is 1. The molecule has 9 heteroatoms. The molecule has 1 saturated heterocycles. The SMILES string of the molecule is CCOc1cccc(CNC(=O)C2CC(F)(F)CN2)c1OC(F)F. The van der Waals surface area contributed by atoms with Crippen molar-refractivity contribution in [3.63, 3.8) is 0 Å². The number of amides is 1. The fourth-order valence-corrected chi connectivity index (χ4v) is 2.40. The van der Waals surface area contributed by atoms with E-state index in [1.54, 1.807) is 13.0 Å². The van der Waals surface area contributed by atoms with E-state index in [0.717, 1.165) is 0 Å². The van der Waals surface area contributed by atoms with E-state index in [1.165, 1.54) is 12.1 Å². The molecule has 0 aromatic heterocycles. The topological polar surface area (TPSA) is 59.6 Å². The number of rotatable bonds is 7. The van der Waals surface area contributed by atoms with Gasteiger partial charge in [0.2, 0.25) is 5.91 Å². The van der Waals surface area contributed by atoms with Gasteiger partial charge in [0.15, 0.2) is 11.5 Å². The number of alkyl halides is 4. The molecule has 2 rings (SSSR count). The Morgan fingerprint density at radius 1 is 1.46 bits per heavy atom. The van der Waals surface area contributed by atoms with Crippen LogP contribution in [-0.2, 0) is 11.3 Å². The monoisotopic (exact) mass is 350 g/mol. The van der Waals surface area contributed by atoms with Gasteiger partial charge in [0.05, 0.1) is 19.2 Å². The third-order valence-corrected chi connectivity index (χ3v) is 3.45. The third kappa shape index (κ3) is 4.73. The average molecular weight is 350 g/mol. The maximum absolute atomic E-state index is 13.1. The molecule has 0 saturated carbocycles. The molecule has 2 N–H and O–H groups in total. The lowest BCUT2D eigenvalue weighted by Crippen LogP contribution is -2.40. The van der Waals surface area contributed by atoms with Crippen LogP contribution in [0.5, 0.6) is 11.5 Å². The first-order valence-corrected chi connectivity index (χ1v) is 7.41. The Bertz CT molecular complexity index is 584. The van der Waals surface area contributed by atoms with Gasteiger partial charge >= 0.3 is 6.61 Å². The number of halogens is 4. The first kappa shape index (κ1) is 18.3. The molecule has 0 spiro atoms. The summed E-state index contributed by atoms with van der Waals surface area (Å²) >= 11 is 0. The van der Waals surface area contributed by atoms with Crippen molar-refractivity contribution in [3.05, 3.63) is 23.8 Å². The number of benzene rings is 1. The van der Waals surface area contributed by atoms with Crippen molar-refractivity contribution in [2.45, 2.75) is 38.5 Å². The zero-order chi connectivity index (χ0) is 17.7. The van der Waals surface area contributed by atoms with Crippen LogP contribution >= 0.6 is 0 Å². The van der Waals surface area contributed by atoms with E-state index in [9.17, 15) is 22.4 Å². The van der Waals surface area contributed by atoms with E-state index in [2.05, 4.69) is 15.4 Å². The molecule has 0 radical (unpaired) electrons. The van der Waals surface area contributed by atoms with Gasteiger partial charge in [-0.2, -0.15) is 8.78 Å². The van der Waals surface area contributed by atoms with Crippen molar-refractivity contribution in [2.24, 2.45) is 0 Å². The van der Waals surface area contributed by atoms with Crippen LogP contribution in [0.2, 0.25) is 0 Å². The van der Waals surface area contributed by atoms with Crippen LogP contribution in [0.25, 0.3) is 0 Å². The summed E-state index contributed by atoms with van der Waals surface area (Å²) in [5, 5.41) is 4.87. The van der Waals surface area contributed by atoms with Crippen LogP contribution in [0.4, 0.5) is 17.6 Å². The molecule has 1 unspecified atom stereocenters. The number of ether oxygens (including phenoxy) is 2. The summed E-state index contributed by atoms with van der Waals surface area (Å²) in [6.07, 6.45) is -0.599. The van der Waals surface area contributed by atoms with Crippen molar-refractivity contribution in [2.75, 3.05) is 13.2 Å². The smallest absolute Gasteiger partial charge is 0.387 e. The molecule has 134 valence electrons. The molecule has 0 bridgehead atoms. The molecule has 1 aromatic carbocycles. The van der Waals surface area contributed by atoms with Crippen LogP contribution in [0.15, 0.2) is 18.2 Å². The van der Waals surface area contributed by atoms with Crippen LogP contribution in [0, 0.1) is 0 Å². The Labute approximate surface area is 136 Å². The summed E-state index contributed by atoms with van der Waals surface area (Å²) in [4.78, 5) is 11.9. The Morgan fingerprint density at radius 2 is 2.21 bits per heavy atom. The lowest BCUT2D eigenvalue weighted by molar-refractivity contribution is -0.123. The largest absolute Gasteiger partial charge is 0.490 e. The molecule has 1 aromatic rings. The first-order valence-electron chi connectivity index (χ1n) is 7.41. The predicted octanol–water partition coefficient (Wildman–Crippen LogP) is 2.30. The number of carbonyl (C=O) groups is 1. The van der Waals surface area contributed by atoms with Gasteiger partial charge in [0.1, 0.15) is 0 Å². The molecule has 1 fully saturated rings. The maximum Gasteiger partial charge on any atom is 0.387 e. The van der Waals surface area contributed by atoms with E-state index in [-0.39, 0.29) is 30.2 Å². The van der Waals surface area contributed by atoms with Crippen LogP contribution in [0.3, 0.4) is 0 Å². The second kappa shape index (κ2) is 7.69. The maximum atomic E-state index is 13.1. The number of hydrogen-bond donors (Lipinski definition) is 2. The first-order chi connectivity index (χ1) is 11.3. The lowest BCUT2D eigenvalue weighted by Gasteiger charge is -2.16. The summed E-state index contributed by atoms with van der Waals surface area (Å²) in [6, 6.07) is 3.49. The summed E-state index contributed by atoms with van der Waals surface area (Å²) in [6.45, 7) is -1.84. The average Bonchev–Trinajstić information content (AvgIpc) is 2.87. The molecule has 1 aliphatic rings. The normalized spacial score (nSPS) is 19.3. The molecular weight excluding hydrogens is 332 g/mol. The minimum absolute atomic E-state index is 0.120. The van der Waals surface area contributed by atoms with Gasteiger partial charge in [-0.15, -0.1) is 0 Å². The van der Waals surface area contributed by atoms with Gasteiger partial charge in [-0.1, -0.05) is 12.1 Å². The highest BCUT2D eigenvalue weighted by Crippen LogP contribution is 2.33. The van der Waals surface area contributed by atoms with Crippen molar-refractivity contribution >= 4 is 5.91 Å². The number of nitrogens with one attached hydrogen (secondary N) is 2. The highest BCUT2D eigenvalue weighted by Gasteiger charge is 2.42. The highest BCUT2D eigenvalue weighted by molar-refractivity contribution is 5.82. The van der Waals surface area contributed by atoms with Crippen molar-refractivity contribution in [1.82, 2.24) is 10.6 Å². The minimum atomic E-state index is -3.06. The Balaban J connectivity index is 2.06. The fourth-order valence-electron chi connectivity index (χ4n) is 2.40. The minimum Gasteiger partial charge on any atom is -0.490 e. The molecule has 0 aliphatic carbocycles. The van der Waals surface area contributed by atoms with Gasteiger partial charge in [0, 0.05) is 18.5 Å². The van der Waals surface area contributed by atoms with Gasteiger partial charge < -0.3 is 14.8 Å². The van der Waals surface area contributed by atoms with E-state index < -0.39 is 37.4 Å². The van der Waals surface area contributed by atoms with Crippen molar-refractivity contribution in [1.29, 1.82) is 0 Å². The summed E-state index contributed by atoms with van der Waals surface area (Å²) in [5.41, 5.74) is 0.263. The van der Waals surface area contributed by atoms with E-state index in [1.807, 2.05) is 0 Å². The van der Waals surface area contributed by atoms with Crippen molar-refractivity contribution < 1.29 is 31.8 Å². The Morgan fingerprint density at radius 3 is 2.79 bits per heavy atom. The van der Waals surface area contributed by atoms with E-state index in [4.69, 9.17) is 4.74 Å². The Hall–Kier alpha value is -2.03. The molecule has 1 amide bonds. The molecule has 5 nitrogen and oxygen atoms in total. The second-order valence-electron chi connectivity index (χ2n) is 5.27. The van der Waals surface area contributed by atoms with Gasteiger partial charge in [-0.05, 0) is 13.0 Å². The van der Waals surface area contributed by atoms with Crippen LogP contribution < -0.4 is 20.1 Å². The molecule has 24 heavy (non-hydrogen) atoms. The Kier molecular flexibility index (Phi) is 5.87. The number of carbonyl (C=O) groups excluding carboxylic acids is 1. The summed E-state index contributed by atoms with van der Waals surface area (Å²) < 4.78 is 61.1. The summed E-state index contributed by atoms with van der Waals surface area (Å²) in [5.74, 6) is -3.62. The zero-order valence-electron chi connectivity index (χ0n) is 13.0. The standard InChI is InChI=1S/C15H18F4N2O3/c1-2-23-11-5-3-4-9(12(11)24-14(16)17)7-20-13(22)10-6-15(18,19)8-21-10/h3-5,10,14,21H,2,6-8H2,1H3,(H,20,22). The third-order valence-electron chi connectivity index (χ3n) is 3.45.